The summed E-state index contributed by atoms with van der Waals surface area (Å²) in [5.41, 5.74) is 4.35. The molecule has 1 saturated carbocycles. The van der Waals surface area contributed by atoms with E-state index in [1.807, 2.05) is 78.9 Å². The fraction of sp³-hybridized carbons (Fsp3) is 0.250. The van der Waals surface area contributed by atoms with Gasteiger partial charge in [0.25, 0.3) is 0 Å². The summed E-state index contributed by atoms with van der Waals surface area (Å²) in [7, 11) is 0. The summed E-state index contributed by atoms with van der Waals surface area (Å²) in [6.07, 6.45) is 1.26. The van der Waals surface area contributed by atoms with Crippen LogP contribution in [0, 0.1) is 11.3 Å². The van der Waals surface area contributed by atoms with Gasteiger partial charge in [-0.05, 0) is 66.0 Å². The Balaban J connectivity index is 1.70. The van der Waals surface area contributed by atoms with Gasteiger partial charge in [-0.1, -0.05) is 67.9 Å². The molecule has 6 heteroatoms. The Morgan fingerprint density at radius 2 is 1.68 bits per heavy atom. The number of rotatable bonds is 2. The first-order valence-electron chi connectivity index (χ1n) is 11.4. The van der Waals surface area contributed by atoms with Gasteiger partial charge in [-0.2, -0.15) is 0 Å². The lowest BCUT2D eigenvalue weighted by atomic mass is 9.68. The van der Waals surface area contributed by atoms with Gasteiger partial charge in [-0.15, -0.1) is 0 Å². The molecule has 1 fully saturated rings. The molecule has 0 spiro atoms. The molecule has 3 aromatic carbocycles. The Bertz CT molecular complexity index is 1270. The van der Waals surface area contributed by atoms with Crippen LogP contribution in [0.5, 0.6) is 0 Å². The maximum Gasteiger partial charge on any atom is 0.178 e. The molecular weight excluding hydrogens is 462 g/mol. The summed E-state index contributed by atoms with van der Waals surface area (Å²) in [6, 6.07) is 25.2. The van der Waals surface area contributed by atoms with E-state index in [0.29, 0.717) is 16.6 Å². The van der Waals surface area contributed by atoms with Gasteiger partial charge in [-0.3, -0.25) is 9.79 Å². The number of benzene rings is 3. The van der Waals surface area contributed by atoms with E-state index in [-0.39, 0.29) is 17.2 Å². The van der Waals surface area contributed by atoms with Crippen LogP contribution in [0.15, 0.2) is 83.9 Å². The number of ketones is 1. The zero-order valence-corrected chi connectivity index (χ0v) is 20.7. The molecule has 0 saturated heterocycles. The molecule has 1 heterocycles. The van der Waals surface area contributed by atoms with Crippen LogP contribution in [0.3, 0.4) is 0 Å². The zero-order valence-electron chi connectivity index (χ0n) is 19.2. The predicted octanol–water partition coefficient (Wildman–Crippen LogP) is 7.38. The average molecular weight is 488 g/mol. The van der Waals surface area contributed by atoms with E-state index in [1.54, 1.807) is 0 Å². The minimum Gasteiger partial charge on any atom is -0.332 e. The number of nitrogens with one attached hydrogen (secondary N) is 1. The van der Waals surface area contributed by atoms with Crippen LogP contribution in [0.4, 0.5) is 17.1 Å². The van der Waals surface area contributed by atoms with Gasteiger partial charge in [0.1, 0.15) is 5.78 Å². The third-order valence-electron chi connectivity index (χ3n) is 6.47. The number of anilines is 2. The largest absolute Gasteiger partial charge is 0.332 e. The molecule has 0 amide bonds. The number of carbonyl (C=O) groups excluding carboxylic acids is 1. The van der Waals surface area contributed by atoms with Crippen molar-refractivity contribution in [3.8, 4) is 0 Å². The Morgan fingerprint density at radius 1 is 1.00 bits per heavy atom. The van der Waals surface area contributed by atoms with Crippen LogP contribution in [0.1, 0.15) is 38.3 Å². The molecule has 1 N–H and O–H groups in total. The standard InChI is InChI=1S/C28H26ClN3OS/c1-28(2)16-22-25(24(33)17-28)26(18-12-14-19(29)15-13-18)32(23-11-7-6-10-21(23)31-22)27(34)30-20-8-4-3-5-9-20/h3-15,25-26H,16-17H2,1-2H3,(H,30,34)/t25-,26-/m1/s1. The number of hydrogen-bond acceptors (Lipinski definition) is 3. The summed E-state index contributed by atoms with van der Waals surface area (Å²) in [5, 5.41) is 4.56. The Morgan fingerprint density at radius 3 is 2.41 bits per heavy atom. The monoisotopic (exact) mass is 487 g/mol. The highest BCUT2D eigenvalue weighted by Crippen LogP contribution is 2.48. The molecule has 1 aliphatic heterocycles. The Hall–Kier alpha value is -3.02. The van der Waals surface area contributed by atoms with E-state index in [1.165, 1.54) is 0 Å². The van der Waals surface area contributed by atoms with Crippen molar-refractivity contribution in [3.63, 3.8) is 0 Å². The first kappa shape index (κ1) is 22.8. The number of fused-ring (bicyclic) bond motifs is 2. The van der Waals surface area contributed by atoms with Gasteiger partial charge in [0.15, 0.2) is 5.11 Å². The van der Waals surface area contributed by atoms with Crippen LogP contribution in [0.25, 0.3) is 0 Å². The van der Waals surface area contributed by atoms with Gasteiger partial charge in [0, 0.05) is 22.8 Å². The van der Waals surface area contributed by atoms with Crippen molar-refractivity contribution in [1.29, 1.82) is 0 Å². The van der Waals surface area contributed by atoms with Gasteiger partial charge >= 0.3 is 0 Å². The fourth-order valence-corrected chi connectivity index (χ4v) is 5.51. The van der Waals surface area contributed by atoms with Crippen LogP contribution >= 0.6 is 23.8 Å². The van der Waals surface area contributed by atoms with Crippen LogP contribution in [0.2, 0.25) is 5.02 Å². The van der Waals surface area contributed by atoms with E-state index >= 15 is 0 Å². The van der Waals surface area contributed by atoms with E-state index < -0.39 is 5.92 Å². The van der Waals surface area contributed by atoms with Gasteiger partial charge in [-0.25, -0.2) is 0 Å². The Kier molecular flexibility index (Phi) is 6.00. The lowest BCUT2D eigenvalue weighted by Crippen LogP contribution is -2.48. The second kappa shape index (κ2) is 8.97. The van der Waals surface area contributed by atoms with E-state index in [4.69, 9.17) is 28.8 Å². The van der Waals surface area contributed by atoms with Crippen molar-refractivity contribution in [1.82, 2.24) is 0 Å². The van der Waals surface area contributed by atoms with E-state index in [9.17, 15) is 4.79 Å². The maximum absolute atomic E-state index is 13.7. The molecule has 1 aliphatic carbocycles. The lowest BCUT2D eigenvalue weighted by Gasteiger charge is -2.41. The van der Waals surface area contributed by atoms with E-state index in [0.717, 1.165) is 34.8 Å². The number of carbonyl (C=O) groups is 1. The number of halogens is 1. The Labute approximate surface area is 210 Å². The molecule has 0 bridgehead atoms. The van der Waals surface area contributed by atoms with Crippen molar-refractivity contribution in [2.75, 3.05) is 10.2 Å². The van der Waals surface area contributed by atoms with Crippen LogP contribution < -0.4 is 10.2 Å². The van der Waals surface area contributed by atoms with Gasteiger partial charge < -0.3 is 10.2 Å². The quantitative estimate of drug-likeness (QED) is 0.383. The number of aliphatic imine (C=N–C) groups is 1. The SMILES string of the molecule is CC1(C)CC(=O)[C@H]2C(=Nc3ccccc3N(C(=S)Nc3ccccc3)[C@@H]2c2ccc(Cl)cc2)C1. The molecule has 2 aliphatic rings. The molecule has 2 atom stereocenters. The van der Waals surface area contributed by atoms with Crippen molar-refractivity contribution < 1.29 is 4.79 Å². The predicted molar refractivity (Wildman–Crippen MR) is 144 cm³/mol. The first-order chi connectivity index (χ1) is 16.3. The average Bonchev–Trinajstić information content (AvgIpc) is 2.94. The van der Waals surface area contributed by atoms with Gasteiger partial charge in [0.05, 0.1) is 23.3 Å². The number of hydrogen-bond donors (Lipinski definition) is 1. The highest BCUT2D eigenvalue weighted by atomic mass is 35.5. The summed E-state index contributed by atoms with van der Waals surface area (Å²) < 4.78 is 0. The summed E-state index contributed by atoms with van der Waals surface area (Å²) >= 11 is 12.2. The molecule has 5 rings (SSSR count). The molecule has 0 aromatic heterocycles. The zero-order chi connectivity index (χ0) is 23.9. The van der Waals surface area contributed by atoms with Crippen molar-refractivity contribution in [2.24, 2.45) is 16.3 Å². The fourth-order valence-electron chi connectivity index (χ4n) is 5.06. The maximum atomic E-state index is 13.7. The molecular formula is C28H26ClN3OS. The summed E-state index contributed by atoms with van der Waals surface area (Å²) in [4.78, 5) is 20.9. The smallest absolute Gasteiger partial charge is 0.178 e. The van der Waals surface area contributed by atoms with Crippen molar-refractivity contribution in [2.45, 2.75) is 32.7 Å². The molecule has 34 heavy (non-hydrogen) atoms. The first-order valence-corrected chi connectivity index (χ1v) is 12.2. The second-order valence-electron chi connectivity index (χ2n) is 9.72. The highest BCUT2D eigenvalue weighted by Gasteiger charge is 2.47. The number of Topliss-reactive ketones (excluding diaryl/α,β-unsaturated/α-hetero) is 1. The van der Waals surface area contributed by atoms with Gasteiger partial charge in [0.2, 0.25) is 0 Å². The van der Waals surface area contributed by atoms with Crippen LogP contribution in [-0.4, -0.2) is 16.6 Å². The number of thiocarbonyl (C=S) groups is 1. The molecule has 0 unspecified atom stereocenters. The summed E-state index contributed by atoms with van der Waals surface area (Å²) in [5.74, 6) is -0.215. The van der Waals surface area contributed by atoms with Crippen molar-refractivity contribution >= 4 is 57.5 Å². The second-order valence-corrected chi connectivity index (χ2v) is 10.5. The molecule has 172 valence electrons. The topological polar surface area (TPSA) is 44.7 Å². The number of para-hydroxylation sites is 3. The summed E-state index contributed by atoms with van der Waals surface area (Å²) in [6.45, 7) is 4.27. The normalized spacial score (nSPS) is 21.1. The molecule has 3 aromatic rings. The van der Waals surface area contributed by atoms with Crippen LogP contribution in [-0.2, 0) is 4.79 Å². The lowest BCUT2D eigenvalue weighted by molar-refractivity contribution is -0.124. The molecule has 0 radical (unpaired) electrons. The van der Waals surface area contributed by atoms with E-state index in [2.05, 4.69) is 24.1 Å². The molecule has 4 nitrogen and oxygen atoms in total. The number of nitrogens with zero attached hydrogens (tertiary/aromatic N) is 2. The third kappa shape index (κ3) is 4.38. The highest BCUT2D eigenvalue weighted by molar-refractivity contribution is 7.80. The van der Waals surface area contributed by atoms with Crippen molar-refractivity contribution in [3.05, 3.63) is 89.4 Å². The minimum absolute atomic E-state index is 0.135. The minimum atomic E-state index is -0.405. The third-order valence-corrected chi connectivity index (χ3v) is 7.02.